The van der Waals surface area contributed by atoms with E-state index in [1.807, 2.05) is 0 Å². The Bertz CT molecular complexity index is 329. The summed E-state index contributed by atoms with van der Waals surface area (Å²) in [7, 11) is 0. The Hall–Kier alpha value is -1.59. The predicted octanol–water partition coefficient (Wildman–Crippen LogP) is 1.30. The van der Waals surface area contributed by atoms with Crippen molar-refractivity contribution in [1.29, 1.82) is 0 Å². The van der Waals surface area contributed by atoms with Gasteiger partial charge in [0.1, 0.15) is 6.04 Å². The van der Waals surface area contributed by atoms with Crippen LogP contribution in [0.2, 0.25) is 0 Å². The zero-order valence-electron chi connectivity index (χ0n) is 12.6. The summed E-state index contributed by atoms with van der Waals surface area (Å²) >= 11 is 0. The number of hydrogen-bond acceptors (Lipinski definition) is 3. The van der Waals surface area contributed by atoms with Crippen LogP contribution in [0.1, 0.15) is 52.9 Å². The SMILES string of the molecule is CCCCCNC(=O)CCC(=O)NC(C(=O)O)C(C)C. The Morgan fingerprint density at radius 3 is 2.15 bits per heavy atom. The predicted molar refractivity (Wildman–Crippen MR) is 76.2 cm³/mol. The number of nitrogens with one attached hydrogen (secondary N) is 2. The summed E-state index contributed by atoms with van der Waals surface area (Å²) < 4.78 is 0. The van der Waals surface area contributed by atoms with Crippen LogP contribution in [0.5, 0.6) is 0 Å². The van der Waals surface area contributed by atoms with Crippen LogP contribution in [0.25, 0.3) is 0 Å². The Labute approximate surface area is 120 Å². The van der Waals surface area contributed by atoms with Crippen molar-refractivity contribution in [3.8, 4) is 0 Å². The highest BCUT2D eigenvalue weighted by Gasteiger charge is 2.23. The fraction of sp³-hybridized carbons (Fsp3) is 0.786. The number of hydrogen-bond donors (Lipinski definition) is 3. The summed E-state index contributed by atoms with van der Waals surface area (Å²) in [6, 6.07) is -0.907. The molecule has 0 fully saturated rings. The van der Waals surface area contributed by atoms with E-state index >= 15 is 0 Å². The van der Waals surface area contributed by atoms with Gasteiger partial charge in [0.2, 0.25) is 11.8 Å². The van der Waals surface area contributed by atoms with E-state index in [-0.39, 0.29) is 24.7 Å². The average molecular weight is 286 g/mol. The standard InChI is InChI=1S/C14H26N2O4/c1-4-5-6-9-15-11(17)7-8-12(18)16-13(10(2)3)14(19)20/h10,13H,4-9H2,1-3H3,(H,15,17)(H,16,18)(H,19,20). The first-order valence-electron chi connectivity index (χ1n) is 7.17. The molecule has 0 aromatic heterocycles. The molecule has 0 aliphatic carbocycles. The maximum Gasteiger partial charge on any atom is 0.326 e. The van der Waals surface area contributed by atoms with Crippen LogP contribution in [0.4, 0.5) is 0 Å². The second kappa shape index (κ2) is 10.2. The first-order valence-corrected chi connectivity index (χ1v) is 7.17. The zero-order chi connectivity index (χ0) is 15.5. The third-order valence-corrected chi connectivity index (χ3v) is 2.93. The molecule has 0 aromatic carbocycles. The molecule has 2 amide bonds. The molecular formula is C14H26N2O4. The second-order valence-corrected chi connectivity index (χ2v) is 5.18. The van der Waals surface area contributed by atoms with Crippen LogP contribution >= 0.6 is 0 Å². The molecule has 6 nitrogen and oxygen atoms in total. The van der Waals surface area contributed by atoms with Crippen LogP contribution in [0.3, 0.4) is 0 Å². The van der Waals surface area contributed by atoms with Gasteiger partial charge in [-0.05, 0) is 12.3 Å². The molecule has 0 saturated heterocycles. The highest BCUT2D eigenvalue weighted by molar-refractivity contribution is 5.86. The molecule has 0 aliphatic heterocycles. The number of carboxylic acids is 1. The van der Waals surface area contributed by atoms with Gasteiger partial charge in [0.15, 0.2) is 0 Å². The maximum absolute atomic E-state index is 11.6. The van der Waals surface area contributed by atoms with Crippen molar-refractivity contribution >= 4 is 17.8 Å². The van der Waals surface area contributed by atoms with E-state index < -0.39 is 17.9 Å². The molecule has 116 valence electrons. The summed E-state index contributed by atoms with van der Waals surface area (Å²) in [6.07, 6.45) is 3.18. The lowest BCUT2D eigenvalue weighted by Crippen LogP contribution is -2.44. The van der Waals surface area contributed by atoms with Crippen molar-refractivity contribution in [3.63, 3.8) is 0 Å². The molecule has 0 aromatic rings. The fourth-order valence-corrected chi connectivity index (χ4v) is 1.68. The first-order chi connectivity index (χ1) is 9.38. The van der Waals surface area contributed by atoms with E-state index in [1.165, 1.54) is 0 Å². The van der Waals surface area contributed by atoms with E-state index in [2.05, 4.69) is 17.6 Å². The minimum Gasteiger partial charge on any atom is -0.480 e. The van der Waals surface area contributed by atoms with E-state index in [0.717, 1.165) is 19.3 Å². The number of rotatable bonds is 10. The molecule has 0 radical (unpaired) electrons. The average Bonchev–Trinajstić information content (AvgIpc) is 2.37. The van der Waals surface area contributed by atoms with E-state index in [1.54, 1.807) is 13.8 Å². The maximum atomic E-state index is 11.6. The molecule has 20 heavy (non-hydrogen) atoms. The third kappa shape index (κ3) is 8.50. The van der Waals surface area contributed by atoms with Gasteiger partial charge in [-0.15, -0.1) is 0 Å². The van der Waals surface area contributed by atoms with Gasteiger partial charge in [0.25, 0.3) is 0 Å². The van der Waals surface area contributed by atoms with Crippen molar-refractivity contribution in [1.82, 2.24) is 10.6 Å². The number of amides is 2. The Morgan fingerprint density at radius 2 is 1.65 bits per heavy atom. The molecule has 0 bridgehead atoms. The minimum atomic E-state index is -1.06. The van der Waals surface area contributed by atoms with Gasteiger partial charge >= 0.3 is 5.97 Å². The summed E-state index contributed by atoms with van der Waals surface area (Å²) in [4.78, 5) is 34.0. The third-order valence-electron chi connectivity index (χ3n) is 2.93. The fourth-order valence-electron chi connectivity index (χ4n) is 1.68. The number of carbonyl (C=O) groups is 3. The van der Waals surface area contributed by atoms with E-state index in [0.29, 0.717) is 6.54 Å². The molecule has 0 heterocycles. The molecular weight excluding hydrogens is 260 g/mol. The number of carbonyl (C=O) groups excluding carboxylic acids is 2. The highest BCUT2D eigenvalue weighted by atomic mass is 16.4. The van der Waals surface area contributed by atoms with Gasteiger partial charge in [-0.2, -0.15) is 0 Å². The number of unbranched alkanes of at least 4 members (excludes halogenated alkanes) is 2. The number of aliphatic carboxylic acids is 1. The summed E-state index contributed by atoms with van der Waals surface area (Å²) in [5.41, 5.74) is 0. The van der Waals surface area contributed by atoms with Crippen LogP contribution in [0, 0.1) is 5.92 Å². The van der Waals surface area contributed by atoms with Crippen molar-refractivity contribution in [3.05, 3.63) is 0 Å². The Morgan fingerprint density at radius 1 is 1.05 bits per heavy atom. The molecule has 0 rings (SSSR count). The van der Waals surface area contributed by atoms with Crippen LogP contribution in [0.15, 0.2) is 0 Å². The van der Waals surface area contributed by atoms with Gasteiger partial charge in [-0.25, -0.2) is 4.79 Å². The highest BCUT2D eigenvalue weighted by Crippen LogP contribution is 2.02. The van der Waals surface area contributed by atoms with Crippen LogP contribution in [-0.2, 0) is 14.4 Å². The lowest BCUT2D eigenvalue weighted by molar-refractivity contribution is -0.143. The Kier molecular flexibility index (Phi) is 9.41. The second-order valence-electron chi connectivity index (χ2n) is 5.18. The lowest BCUT2D eigenvalue weighted by Gasteiger charge is -2.17. The van der Waals surface area contributed by atoms with E-state index in [4.69, 9.17) is 5.11 Å². The quantitative estimate of drug-likeness (QED) is 0.527. The van der Waals surface area contributed by atoms with Gasteiger partial charge in [0.05, 0.1) is 0 Å². The van der Waals surface area contributed by atoms with Crippen molar-refractivity contribution < 1.29 is 19.5 Å². The smallest absolute Gasteiger partial charge is 0.326 e. The van der Waals surface area contributed by atoms with Crippen molar-refractivity contribution in [2.24, 2.45) is 5.92 Å². The molecule has 0 spiro atoms. The van der Waals surface area contributed by atoms with E-state index in [9.17, 15) is 14.4 Å². The number of carboxylic acid groups (broad SMARTS) is 1. The minimum absolute atomic E-state index is 0.0100. The molecule has 0 saturated carbocycles. The molecule has 0 aliphatic rings. The summed E-state index contributed by atoms with van der Waals surface area (Å²) in [5.74, 6) is -1.83. The normalized spacial score (nSPS) is 12.0. The molecule has 6 heteroatoms. The van der Waals surface area contributed by atoms with Gasteiger partial charge in [-0.3, -0.25) is 9.59 Å². The monoisotopic (exact) mass is 286 g/mol. The van der Waals surface area contributed by atoms with Gasteiger partial charge in [-0.1, -0.05) is 33.6 Å². The lowest BCUT2D eigenvalue weighted by atomic mass is 10.0. The van der Waals surface area contributed by atoms with Gasteiger partial charge in [0, 0.05) is 19.4 Å². The van der Waals surface area contributed by atoms with Gasteiger partial charge < -0.3 is 15.7 Å². The largest absolute Gasteiger partial charge is 0.480 e. The Balaban J connectivity index is 3.92. The zero-order valence-corrected chi connectivity index (χ0v) is 12.6. The van der Waals surface area contributed by atoms with Crippen molar-refractivity contribution in [2.75, 3.05) is 6.54 Å². The molecule has 1 atom stereocenters. The first kappa shape index (κ1) is 18.4. The summed E-state index contributed by atoms with van der Waals surface area (Å²) in [6.45, 7) is 6.15. The molecule has 1 unspecified atom stereocenters. The van der Waals surface area contributed by atoms with Crippen LogP contribution < -0.4 is 10.6 Å². The molecule has 3 N–H and O–H groups in total. The summed E-state index contributed by atoms with van der Waals surface area (Å²) in [5, 5.41) is 14.1. The van der Waals surface area contributed by atoms with Crippen molar-refractivity contribution in [2.45, 2.75) is 58.9 Å². The van der Waals surface area contributed by atoms with Crippen LogP contribution in [-0.4, -0.2) is 35.5 Å². The topological polar surface area (TPSA) is 95.5 Å².